The molecule has 0 unspecified atom stereocenters. The maximum absolute atomic E-state index is 10.8. The summed E-state index contributed by atoms with van der Waals surface area (Å²) in [4.78, 5) is 16.6. The monoisotopic (exact) mass is 309 g/mol. The summed E-state index contributed by atoms with van der Waals surface area (Å²) in [5, 5.41) is 0. The van der Waals surface area contributed by atoms with Crippen molar-refractivity contribution in [1.29, 1.82) is 0 Å². The number of guanidine groups is 1. The van der Waals surface area contributed by atoms with Gasteiger partial charge in [0.25, 0.3) is 5.91 Å². The fraction of sp³-hybridized carbons (Fsp3) is 0.429. The number of carbonyl (C=O) groups excluding carboxylic acids is 1. The van der Waals surface area contributed by atoms with E-state index >= 15 is 0 Å². The molecule has 0 saturated heterocycles. The fourth-order valence-electron chi connectivity index (χ4n) is 1.09. The first-order valence-corrected chi connectivity index (χ1v) is 5.09. The minimum Gasteiger partial charge on any atom is -0.400 e. The zero-order valence-electron chi connectivity index (χ0n) is 7.53. The summed E-state index contributed by atoms with van der Waals surface area (Å²) in [5.74, 6) is -0.0561. The summed E-state index contributed by atoms with van der Waals surface area (Å²) in [6, 6.07) is 0. The molecule has 1 aliphatic heterocycles. The number of amides is 1. The molecular formula is C7H12IN5O. The predicted octanol–water partition coefficient (Wildman–Crippen LogP) is -1.29. The number of aliphatic imine (C=N–C) groups is 1. The first-order valence-electron chi connectivity index (χ1n) is 4.01. The van der Waals surface area contributed by atoms with E-state index in [9.17, 15) is 4.79 Å². The summed E-state index contributed by atoms with van der Waals surface area (Å²) in [6.07, 6.45) is 0. The Hall–Kier alpha value is -0.990. The van der Waals surface area contributed by atoms with Crippen molar-refractivity contribution in [3.05, 3.63) is 9.28 Å². The van der Waals surface area contributed by atoms with Crippen LogP contribution in [0.2, 0.25) is 0 Å². The van der Waals surface area contributed by atoms with Crippen LogP contribution in [0, 0.1) is 0 Å². The van der Waals surface area contributed by atoms with Crippen molar-refractivity contribution in [3.8, 4) is 0 Å². The van der Waals surface area contributed by atoms with Gasteiger partial charge in [0.1, 0.15) is 0 Å². The molecule has 1 heterocycles. The molecule has 7 heteroatoms. The normalized spacial score (nSPS) is 17.8. The van der Waals surface area contributed by atoms with E-state index in [1.807, 2.05) is 22.6 Å². The summed E-state index contributed by atoms with van der Waals surface area (Å²) in [5.41, 5.74) is 16.8. The number of halogens is 1. The first-order chi connectivity index (χ1) is 6.52. The lowest BCUT2D eigenvalue weighted by atomic mass is 10.3. The second kappa shape index (κ2) is 4.49. The van der Waals surface area contributed by atoms with Gasteiger partial charge >= 0.3 is 0 Å². The molecule has 0 fully saturated rings. The van der Waals surface area contributed by atoms with Crippen molar-refractivity contribution in [2.75, 3.05) is 19.6 Å². The Morgan fingerprint density at radius 2 is 2.21 bits per heavy atom. The number of nitrogens with two attached hydrogens (primary N) is 3. The van der Waals surface area contributed by atoms with Gasteiger partial charge in [-0.3, -0.25) is 9.79 Å². The molecule has 0 aromatic rings. The van der Waals surface area contributed by atoms with E-state index in [4.69, 9.17) is 17.2 Å². The molecule has 0 radical (unpaired) electrons. The molecule has 1 aliphatic rings. The molecule has 0 bridgehead atoms. The molecule has 14 heavy (non-hydrogen) atoms. The molecule has 0 atom stereocenters. The zero-order chi connectivity index (χ0) is 10.7. The average molecular weight is 309 g/mol. The fourth-order valence-corrected chi connectivity index (χ4v) is 1.26. The van der Waals surface area contributed by atoms with Gasteiger partial charge in [-0.05, 0) is 22.6 Å². The van der Waals surface area contributed by atoms with E-state index in [-0.39, 0.29) is 0 Å². The van der Waals surface area contributed by atoms with Crippen molar-refractivity contribution >= 4 is 34.5 Å². The van der Waals surface area contributed by atoms with Crippen LogP contribution in [0.4, 0.5) is 0 Å². The molecule has 0 spiro atoms. The molecular weight excluding hydrogens is 297 g/mol. The van der Waals surface area contributed by atoms with Gasteiger partial charge < -0.3 is 22.1 Å². The Morgan fingerprint density at radius 1 is 1.57 bits per heavy atom. The van der Waals surface area contributed by atoms with Crippen molar-refractivity contribution in [2.24, 2.45) is 22.2 Å². The molecule has 0 aromatic heterocycles. The molecule has 0 saturated carbocycles. The molecule has 0 aromatic carbocycles. The number of hydrogen-bond acceptors (Lipinski definition) is 5. The Labute approximate surface area is 95.3 Å². The Bertz CT molecular complexity index is 311. The third kappa shape index (κ3) is 2.50. The summed E-state index contributed by atoms with van der Waals surface area (Å²) < 4.78 is 0.349. The quantitative estimate of drug-likeness (QED) is 0.445. The highest BCUT2D eigenvalue weighted by molar-refractivity contribution is 14.1. The summed E-state index contributed by atoms with van der Waals surface area (Å²) in [6.45, 7) is 1.80. The van der Waals surface area contributed by atoms with Gasteiger partial charge in [-0.2, -0.15) is 0 Å². The molecule has 6 N–H and O–H groups in total. The Kier molecular flexibility index (Phi) is 3.55. The largest absolute Gasteiger partial charge is 0.400 e. The smallest absolute Gasteiger partial charge is 0.256 e. The van der Waals surface area contributed by atoms with Crippen LogP contribution in [0.25, 0.3) is 0 Å². The second-order valence-electron chi connectivity index (χ2n) is 2.86. The molecule has 78 valence electrons. The van der Waals surface area contributed by atoms with Gasteiger partial charge in [0.2, 0.25) is 0 Å². The number of carbonyl (C=O) groups is 1. The minimum atomic E-state index is -0.516. The topological polar surface area (TPSA) is 111 Å². The number of nitrogens with zero attached hydrogens (tertiary/aromatic N) is 2. The third-order valence-electron chi connectivity index (χ3n) is 1.83. The van der Waals surface area contributed by atoms with Crippen molar-refractivity contribution in [3.63, 3.8) is 0 Å². The van der Waals surface area contributed by atoms with Crippen LogP contribution in [0.3, 0.4) is 0 Å². The molecule has 1 rings (SSSR count). The van der Waals surface area contributed by atoms with Crippen molar-refractivity contribution in [2.45, 2.75) is 0 Å². The molecule has 6 nitrogen and oxygen atoms in total. The van der Waals surface area contributed by atoms with Crippen molar-refractivity contribution in [1.82, 2.24) is 4.90 Å². The second-order valence-corrected chi connectivity index (χ2v) is 3.94. The highest BCUT2D eigenvalue weighted by Crippen LogP contribution is 2.10. The van der Waals surface area contributed by atoms with E-state index in [0.29, 0.717) is 28.3 Å². The molecule has 0 aliphatic carbocycles. The van der Waals surface area contributed by atoms with Crippen LogP contribution in [-0.4, -0.2) is 36.4 Å². The van der Waals surface area contributed by atoms with Gasteiger partial charge in [-0.1, -0.05) is 0 Å². The number of primary amides is 1. The summed E-state index contributed by atoms with van der Waals surface area (Å²) >= 11 is 1.82. The van der Waals surface area contributed by atoms with Gasteiger partial charge in [0.05, 0.1) is 16.7 Å². The number of rotatable bonds is 3. The maximum Gasteiger partial charge on any atom is 0.256 e. The highest BCUT2D eigenvalue weighted by Gasteiger charge is 2.16. The van der Waals surface area contributed by atoms with E-state index in [1.54, 1.807) is 4.90 Å². The lowest BCUT2D eigenvalue weighted by Crippen LogP contribution is -2.37. The van der Waals surface area contributed by atoms with E-state index in [2.05, 4.69) is 4.99 Å². The van der Waals surface area contributed by atoms with Crippen molar-refractivity contribution < 1.29 is 4.79 Å². The maximum atomic E-state index is 10.8. The third-order valence-corrected chi connectivity index (χ3v) is 3.05. The SMILES string of the molecule is NC(=O)/C(I)=C(\N)CN1CCN=C1N. The van der Waals surface area contributed by atoms with Crippen LogP contribution >= 0.6 is 22.6 Å². The van der Waals surface area contributed by atoms with Crippen LogP contribution in [0.1, 0.15) is 0 Å². The van der Waals surface area contributed by atoms with Gasteiger partial charge in [-0.25, -0.2) is 0 Å². The highest BCUT2D eigenvalue weighted by atomic mass is 127. The standard InChI is InChI=1S/C7H12IN5O/c8-5(6(10)14)4(9)3-13-2-1-12-7(13)11/h1-3,9H2,(H2,10,14)(H2,11,12)/b5-4+. The lowest BCUT2D eigenvalue weighted by Gasteiger charge is -2.17. The van der Waals surface area contributed by atoms with Crippen LogP contribution < -0.4 is 17.2 Å². The van der Waals surface area contributed by atoms with E-state index in [1.165, 1.54) is 0 Å². The van der Waals surface area contributed by atoms with Gasteiger partial charge in [-0.15, -0.1) is 0 Å². The minimum absolute atomic E-state index is 0.349. The number of hydrogen-bond donors (Lipinski definition) is 3. The van der Waals surface area contributed by atoms with E-state index in [0.717, 1.165) is 6.54 Å². The van der Waals surface area contributed by atoms with Gasteiger partial charge in [0, 0.05) is 12.2 Å². The first kappa shape index (κ1) is 11.1. The Balaban J connectivity index is 2.65. The van der Waals surface area contributed by atoms with Crippen LogP contribution in [-0.2, 0) is 4.79 Å². The van der Waals surface area contributed by atoms with Crippen LogP contribution in [0.5, 0.6) is 0 Å². The summed E-state index contributed by atoms with van der Waals surface area (Å²) in [7, 11) is 0. The predicted molar refractivity (Wildman–Crippen MR) is 62.5 cm³/mol. The lowest BCUT2D eigenvalue weighted by molar-refractivity contribution is -0.113. The molecule has 1 amide bonds. The van der Waals surface area contributed by atoms with E-state index < -0.39 is 5.91 Å². The van der Waals surface area contributed by atoms with Crippen LogP contribution in [0.15, 0.2) is 14.3 Å². The Morgan fingerprint density at radius 3 is 2.64 bits per heavy atom. The zero-order valence-corrected chi connectivity index (χ0v) is 9.69. The average Bonchev–Trinajstić information content (AvgIpc) is 2.50. The van der Waals surface area contributed by atoms with Gasteiger partial charge in [0.15, 0.2) is 5.96 Å².